The molecule has 1 aliphatic heterocycles. The minimum absolute atomic E-state index is 0.210. The SMILES string of the molecule is CCCC(=O)N1CCC(SC)(C(N)=NO)CC1. The molecule has 1 saturated heterocycles. The first-order valence-corrected chi connectivity index (χ1v) is 7.13. The number of carbonyl (C=O) groups is 1. The number of nitrogens with two attached hydrogens (primary N) is 1. The van der Waals surface area contributed by atoms with E-state index in [1.54, 1.807) is 11.8 Å². The van der Waals surface area contributed by atoms with E-state index in [9.17, 15) is 4.79 Å². The van der Waals surface area contributed by atoms with Crippen LogP contribution in [-0.4, -0.2) is 45.9 Å². The summed E-state index contributed by atoms with van der Waals surface area (Å²) in [4.78, 5) is 13.6. The molecule has 0 spiro atoms. The van der Waals surface area contributed by atoms with E-state index in [0.717, 1.165) is 19.3 Å². The number of nitrogens with zero attached hydrogens (tertiary/aromatic N) is 2. The quantitative estimate of drug-likeness (QED) is 0.345. The lowest BCUT2D eigenvalue weighted by Gasteiger charge is -2.39. The van der Waals surface area contributed by atoms with Gasteiger partial charge in [-0.1, -0.05) is 12.1 Å². The van der Waals surface area contributed by atoms with Crippen molar-refractivity contribution in [1.82, 2.24) is 4.90 Å². The van der Waals surface area contributed by atoms with Gasteiger partial charge in [-0.15, -0.1) is 0 Å². The second-order valence-corrected chi connectivity index (χ2v) is 5.50. The zero-order valence-electron chi connectivity index (χ0n) is 10.5. The van der Waals surface area contributed by atoms with Crippen molar-refractivity contribution in [2.24, 2.45) is 10.9 Å². The van der Waals surface area contributed by atoms with Gasteiger partial charge >= 0.3 is 0 Å². The topological polar surface area (TPSA) is 78.9 Å². The third kappa shape index (κ3) is 3.06. The van der Waals surface area contributed by atoms with Crippen LogP contribution in [0.3, 0.4) is 0 Å². The molecule has 1 aliphatic rings. The highest BCUT2D eigenvalue weighted by Crippen LogP contribution is 2.34. The molecule has 5 nitrogen and oxygen atoms in total. The van der Waals surface area contributed by atoms with Gasteiger partial charge in [-0.3, -0.25) is 4.79 Å². The van der Waals surface area contributed by atoms with Gasteiger partial charge in [0.2, 0.25) is 5.91 Å². The van der Waals surface area contributed by atoms with Crippen LogP contribution in [0.1, 0.15) is 32.6 Å². The van der Waals surface area contributed by atoms with Gasteiger partial charge < -0.3 is 15.8 Å². The van der Waals surface area contributed by atoms with Crippen LogP contribution in [0.4, 0.5) is 0 Å². The van der Waals surface area contributed by atoms with Crippen molar-refractivity contribution < 1.29 is 10.0 Å². The van der Waals surface area contributed by atoms with Crippen molar-refractivity contribution in [2.75, 3.05) is 19.3 Å². The highest BCUT2D eigenvalue weighted by Gasteiger charge is 2.39. The summed E-state index contributed by atoms with van der Waals surface area (Å²) in [5.74, 6) is 0.481. The number of hydrogen-bond donors (Lipinski definition) is 2. The van der Waals surface area contributed by atoms with Crippen molar-refractivity contribution in [3.8, 4) is 0 Å². The van der Waals surface area contributed by atoms with Crippen LogP contribution in [-0.2, 0) is 4.79 Å². The summed E-state index contributed by atoms with van der Waals surface area (Å²) in [6, 6.07) is 0. The zero-order chi connectivity index (χ0) is 12.9. The first kappa shape index (κ1) is 14.2. The van der Waals surface area contributed by atoms with Crippen LogP contribution in [0.25, 0.3) is 0 Å². The number of thioether (sulfide) groups is 1. The summed E-state index contributed by atoms with van der Waals surface area (Å²) in [5, 5.41) is 11.9. The summed E-state index contributed by atoms with van der Waals surface area (Å²) in [7, 11) is 0. The van der Waals surface area contributed by atoms with Crippen molar-refractivity contribution in [1.29, 1.82) is 0 Å². The normalized spacial score (nSPS) is 20.4. The first-order valence-electron chi connectivity index (χ1n) is 5.90. The molecule has 0 aliphatic carbocycles. The van der Waals surface area contributed by atoms with Crippen LogP contribution >= 0.6 is 11.8 Å². The lowest BCUT2D eigenvalue weighted by atomic mass is 9.94. The lowest BCUT2D eigenvalue weighted by Crippen LogP contribution is -2.51. The van der Waals surface area contributed by atoms with Crippen LogP contribution in [0.5, 0.6) is 0 Å². The standard InChI is InChI=1S/C11H21N3O2S/c1-3-4-9(15)14-7-5-11(17-2,6-8-14)10(12)13-16/h16H,3-8H2,1-2H3,(H2,12,13). The molecule has 17 heavy (non-hydrogen) atoms. The van der Waals surface area contributed by atoms with Crippen LogP contribution in [0, 0.1) is 0 Å². The number of likely N-dealkylation sites (tertiary alicyclic amines) is 1. The predicted octanol–water partition coefficient (Wildman–Crippen LogP) is 1.26. The fourth-order valence-corrected chi connectivity index (χ4v) is 2.99. The lowest BCUT2D eigenvalue weighted by molar-refractivity contribution is -0.132. The molecular formula is C11H21N3O2S. The monoisotopic (exact) mass is 259 g/mol. The van der Waals surface area contributed by atoms with E-state index in [1.807, 2.05) is 18.1 Å². The van der Waals surface area contributed by atoms with Gasteiger partial charge in [0.05, 0.1) is 4.75 Å². The minimum atomic E-state index is -0.308. The number of amidine groups is 1. The average Bonchev–Trinajstić information content (AvgIpc) is 2.38. The molecule has 1 rings (SSSR count). The van der Waals surface area contributed by atoms with Crippen LogP contribution in [0.2, 0.25) is 0 Å². The molecule has 6 heteroatoms. The van der Waals surface area contributed by atoms with Crippen molar-refractivity contribution in [3.63, 3.8) is 0 Å². The summed E-state index contributed by atoms with van der Waals surface area (Å²) >= 11 is 1.60. The van der Waals surface area contributed by atoms with E-state index in [4.69, 9.17) is 10.9 Å². The summed E-state index contributed by atoms with van der Waals surface area (Å²) in [6.07, 6.45) is 4.94. The fraction of sp³-hybridized carbons (Fsp3) is 0.818. The Labute approximate surface area is 106 Å². The molecule has 1 heterocycles. The summed E-state index contributed by atoms with van der Waals surface area (Å²) < 4.78 is -0.308. The predicted molar refractivity (Wildman–Crippen MR) is 70.4 cm³/mol. The van der Waals surface area contributed by atoms with Gasteiger partial charge in [-0.2, -0.15) is 11.8 Å². The third-order valence-electron chi connectivity index (χ3n) is 3.35. The van der Waals surface area contributed by atoms with Crippen molar-refractivity contribution in [3.05, 3.63) is 0 Å². The second kappa shape index (κ2) is 6.14. The highest BCUT2D eigenvalue weighted by atomic mass is 32.2. The largest absolute Gasteiger partial charge is 0.409 e. The Morgan fingerprint density at radius 1 is 1.53 bits per heavy atom. The Morgan fingerprint density at radius 3 is 2.53 bits per heavy atom. The smallest absolute Gasteiger partial charge is 0.222 e. The van der Waals surface area contributed by atoms with E-state index in [0.29, 0.717) is 19.5 Å². The molecule has 0 radical (unpaired) electrons. The van der Waals surface area contributed by atoms with Crippen LogP contribution < -0.4 is 5.73 Å². The molecule has 0 bridgehead atoms. The van der Waals surface area contributed by atoms with Crippen molar-refractivity contribution in [2.45, 2.75) is 37.4 Å². The van der Waals surface area contributed by atoms with Gasteiger partial charge in [-0.25, -0.2) is 0 Å². The molecule has 3 N–H and O–H groups in total. The summed E-state index contributed by atoms with van der Waals surface area (Å²) in [5.41, 5.74) is 5.75. The molecule has 0 aromatic heterocycles. The molecule has 0 aromatic carbocycles. The zero-order valence-corrected chi connectivity index (χ0v) is 11.3. The number of oxime groups is 1. The number of amides is 1. The van der Waals surface area contributed by atoms with E-state index in [-0.39, 0.29) is 16.5 Å². The van der Waals surface area contributed by atoms with E-state index >= 15 is 0 Å². The van der Waals surface area contributed by atoms with Crippen LogP contribution in [0.15, 0.2) is 5.16 Å². The average molecular weight is 259 g/mol. The Balaban J connectivity index is 2.62. The summed E-state index contributed by atoms with van der Waals surface area (Å²) in [6.45, 7) is 3.39. The van der Waals surface area contributed by atoms with E-state index in [2.05, 4.69) is 5.16 Å². The first-order chi connectivity index (χ1) is 8.09. The third-order valence-corrected chi connectivity index (χ3v) is 4.75. The van der Waals surface area contributed by atoms with Gasteiger partial charge in [0.15, 0.2) is 5.84 Å². The van der Waals surface area contributed by atoms with Crippen molar-refractivity contribution >= 4 is 23.5 Å². The van der Waals surface area contributed by atoms with E-state index < -0.39 is 0 Å². The minimum Gasteiger partial charge on any atom is -0.409 e. The Morgan fingerprint density at radius 2 is 2.12 bits per heavy atom. The molecule has 0 unspecified atom stereocenters. The number of rotatable bonds is 4. The maximum Gasteiger partial charge on any atom is 0.222 e. The number of piperidine rings is 1. The number of carbonyl (C=O) groups excluding carboxylic acids is 1. The fourth-order valence-electron chi connectivity index (χ4n) is 2.15. The Bertz CT molecular complexity index is 299. The molecule has 0 atom stereocenters. The Kier molecular flexibility index (Phi) is 5.11. The molecule has 1 amide bonds. The van der Waals surface area contributed by atoms with Gasteiger partial charge in [0.1, 0.15) is 0 Å². The molecule has 98 valence electrons. The van der Waals surface area contributed by atoms with Gasteiger partial charge in [0.25, 0.3) is 0 Å². The molecule has 0 aromatic rings. The van der Waals surface area contributed by atoms with Gasteiger partial charge in [0, 0.05) is 19.5 Å². The Hall–Kier alpha value is -0.910. The molecule has 1 fully saturated rings. The highest BCUT2D eigenvalue weighted by molar-refractivity contribution is 8.00. The van der Waals surface area contributed by atoms with Gasteiger partial charge in [-0.05, 0) is 25.5 Å². The maximum absolute atomic E-state index is 11.7. The molecular weight excluding hydrogens is 238 g/mol. The maximum atomic E-state index is 11.7. The molecule has 0 saturated carbocycles. The van der Waals surface area contributed by atoms with E-state index in [1.165, 1.54) is 0 Å². The second-order valence-electron chi connectivity index (χ2n) is 4.31. The number of hydrogen-bond acceptors (Lipinski definition) is 4.